The highest BCUT2D eigenvalue weighted by molar-refractivity contribution is 7.98. The van der Waals surface area contributed by atoms with Crippen molar-refractivity contribution in [1.82, 2.24) is 15.5 Å². The van der Waals surface area contributed by atoms with E-state index in [-0.39, 0.29) is 25.8 Å². The standard InChI is InChI=1S/C20H30F3N5O4S/c1-4-7-12(15(29)20(21,22)23)24-16(30)14-9-6-10-28(14)17(31)13(8-5-2)25-18(32)19(3)11-33-27-26-19/h12-14H,4-11H2,1-3H3,(H,24,30)(H,25,32)/t12-,13-,14?,19?/m0/s1. The lowest BCUT2D eigenvalue weighted by Gasteiger charge is -2.30. The summed E-state index contributed by atoms with van der Waals surface area (Å²) in [6.45, 7) is 5.28. The van der Waals surface area contributed by atoms with Gasteiger partial charge in [-0.2, -0.15) is 18.3 Å². The van der Waals surface area contributed by atoms with Crippen molar-refractivity contribution in [1.29, 1.82) is 0 Å². The van der Waals surface area contributed by atoms with Crippen molar-refractivity contribution in [2.45, 2.75) is 89.1 Å². The number of alkyl halides is 3. The van der Waals surface area contributed by atoms with Crippen LogP contribution in [0.2, 0.25) is 0 Å². The van der Waals surface area contributed by atoms with E-state index in [0.717, 1.165) is 11.9 Å². The van der Waals surface area contributed by atoms with Crippen LogP contribution in [0.3, 0.4) is 0 Å². The number of hydrogen-bond donors (Lipinski definition) is 2. The maximum absolute atomic E-state index is 13.2. The topological polar surface area (TPSA) is 120 Å². The summed E-state index contributed by atoms with van der Waals surface area (Å²) in [5.74, 6) is -3.41. The van der Waals surface area contributed by atoms with Gasteiger partial charge in [0.2, 0.25) is 11.8 Å². The first-order chi connectivity index (χ1) is 15.4. The molecule has 33 heavy (non-hydrogen) atoms. The van der Waals surface area contributed by atoms with E-state index in [1.165, 1.54) is 4.90 Å². The van der Waals surface area contributed by atoms with Crippen molar-refractivity contribution in [2.24, 2.45) is 9.63 Å². The highest BCUT2D eigenvalue weighted by Gasteiger charge is 2.46. The van der Waals surface area contributed by atoms with E-state index in [1.807, 2.05) is 6.92 Å². The van der Waals surface area contributed by atoms with E-state index in [2.05, 4.69) is 20.3 Å². The number of Topliss-reactive ketones (excluding diaryl/α,β-unsaturated/α-hetero) is 1. The summed E-state index contributed by atoms with van der Waals surface area (Å²) in [4.78, 5) is 51.7. The van der Waals surface area contributed by atoms with Gasteiger partial charge < -0.3 is 15.5 Å². The Labute approximate surface area is 194 Å². The zero-order valence-corrected chi connectivity index (χ0v) is 19.7. The fraction of sp³-hybridized carbons (Fsp3) is 0.800. The molecule has 2 aliphatic heterocycles. The number of nitrogens with one attached hydrogen (secondary N) is 2. The number of halogens is 3. The first kappa shape index (κ1) is 27.1. The quantitative estimate of drug-likeness (QED) is 0.453. The van der Waals surface area contributed by atoms with E-state index in [0.29, 0.717) is 25.0 Å². The Bertz CT molecular complexity index is 794. The van der Waals surface area contributed by atoms with E-state index in [1.54, 1.807) is 13.8 Å². The average molecular weight is 494 g/mol. The van der Waals surface area contributed by atoms with Crippen LogP contribution in [0, 0.1) is 0 Å². The number of amides is 3. The van der Waals surface area contributed by atoms with Gasteiger partial charge in [0.05, 0.1) is 11.8 Å². The lowest BCUT2D eigenvalue weighted by molar-refractivity contribution is -0.174. The number of likely N-dealkylation sites (tertiary alicyclic amines) is 1. The molecular formula is C20H30F3N5O4S. The minimum atomic E-state index is -5.07. The normalized spacial score (nSPS) is 24.4. The fourth-order valence-electron chi connectivity index (χ4n) is 3.80. The van der Waals surface area contributed by atoms with Crippen molar-refractivity contribution < 1.29 is 32.3 Å². The summed E-state index contributed by atoms with van der Waals surface area (Å²) < 4.78 is 42.5. The molecule has 0 aliphatic carbocycles. The van der Waals surface area contributed by atoms with Gasteiger partial charge in [0.1, 0.15) is 12.1 Å². The van der Waals surface area contributed by atoms with Crippen LogP contribution in [-0.4, -0.2) is 70.5 Å². The second-order valence-corrected chi connectivity index (χ2v) is 9.16. The molecule has 1 saturated heterocycles. The molecule has 0 bridgehead atoms. The van der Waals surface area contributed by atoms with Gasteiger partial charge in [0, 0.05) is 18.5 Å². The number of ketones is 1. The monoisotopic (exact) mass is 493 g/mol. The second kappa shape index (κ2) is 11.3. The first-order valence-corrected chi connectivity index (χ1v) is 12.0. The molecule has 2 aliphatic rings. The molecule has 13 heteroatoms. The highest BCUT2D eigenvalue weighted by atomic mass is 32.2. The van der Waals surface area contributed by atoms with Crippen LogP contribution in [0.5, 0.6) is 0 Å². The molecule has 186 valence electrons. The second-order valence-electron chi connectivity index (χ2n) is 8.45. The molecule has 3 amide bonds. The van der Waals surface area contributed by atoms with Crippen LogP contribution in [0.25, 0.3) is 0 Å². The molecule has 9 nitrogen and oxygen atoms in total. The Morgan fingerprint density at radius 1 is 1.12 bits per heavy atom. The van der Waals surface area contributed by atoms with Gasteiger partial charge in [-0.1, -0.05) is 26.7 Å². The lowest BCUT2D eigenvalue weighted by atomic mass is 10.0. The summed E-state index contributed by atoms with van der Waals surface area (Å²) in [7, 11) is 0. The summed E-state index contributed by atoms with van der Waals surface area (Å²) >= 11 is 1.14. The van der Waals surface area contributed by atoms with Gasteiger partial charge in [-0.25, -0.2) is 0 Å². The van der Waals surface area contributed by atoms with Gasteiger partial charge in [-0.05, 0) is 32.6 Å². The van der Waals surface area contributed by atoms with Crippen LogP contribution < -0.4 is 10.6 Å². The van der Waals surface area contributed by atoms with Crippen LogP contribution >= 0.6 is 11.9 Å². The third kappa shape index (κ3) is 6.67. The number of hydrogen-bond acceptors (Lipinski definition) is 7. The number of nitrogens with zero attached hydrogens (tertiary/aromatic N) is 3. The van der Waals surface area contributed by atoms with Crippen molar-refractivity contribution in [3.05, 3.63) is 0 Å². The van der Waals surface area contributed by atoms with Crippen LogP contribution in [0.1, 0.15) is 59.3 Å². The fourth-order valence-corrected chi connectivity index (χ4v) is 4.54. The predicted molar refractivity (Wildman–Crippen MR) is 115 cm³/mol. The van der Waals surface area contributed by atoms with Gasteiger partial charge in [-0.15, -0.1) is 4.52 Å². The largest absolute Gasteiger partial charge is 0.452 e. The minimum Gasteiger partial charge on any atom is -0.344 e. The summed E-state index contributed by atoms with van der Waals surface area (Å²) in [6.07, 6.45) is -3.34. The summed E-state index contributed by atoms with van der Waals surface area (Å²) in [6, 6.07) is -3.61. The Balaban J connectivity index is 2.12. The molecule has 2 unspecified atom stereocenters. The van der Waals surface area contributed by atoms with Crippen LogP contribution in [0.15, 0.2) is 9.63 Å². The van der Waals surface area contributed by atoms with E-state index in [9.17, 15) is 32.3 Å². The molecule has 0 spiro atoms. The first-order valence-electron chi connectivity index (χ1n) is 11.0. The van der Waals surface area contributed by atoms with Gasteiger partial charge in [-0.3, -0.25) is 19.2 Å². The minimum absolute atomic E-state index is 0.162. The number of carbonyl (C=O) groups excluding carboxylic acids is 4. The Morgan fingerprint density at radius 3 is 2.30 bits per heavy atom. The van der Waals surface area contributed by atoms with Crippen LogP contribution in [0.4, 0.5) is 13.2 Å². The Morgan fingerprint density at radius 2 is 1.76 bits per heavy atom. The maximum Gasteiger partial charge on any atom is 0.452 e. The predicted octanol–water partition coefficient (Wildman–Crippen LogP) is 2.55. The highest BCUT2D eigenvalue weighted by Crippen LogP contribution is 2.28. The van der Waals surface area contributed by atoms with E-state index < -0.39 is 53.3 Å². The molecule has 2 heterocycles. The lowest BCUT2D eigenvalue weighted by Crippen LogP contribution is -2.57. The van der Waals surface area contributed by atoms with Crippen molar-refractivity contribution in [2.75, 3.05) is 12.3 Å². The molecular weight excluding hydrogens is 463 g/mol. The zero-order valence-electron chi connectivity index (χ0n) is 18.9. The zero-order chi connectivity index (χ0) is 24.8. The summed E-state index contributed by atoms with van der Waals surface area (Å²) in [5.41, 5.74) is -1.09. The van der Waals surface area contributed by atoms with Crippen molar-refractivity contribution >= 4 is 35.5 Å². The van der Waals surface area contributed by atoms with Crippen LogP contribution in [-0.2, 0) is 19.2 Å². The van der Waals surface area contributed by atoms with Gasteiger partial charge in [0.15, 0.2) is 5.54 Å². The maximum atomic E-state index is 13.2. The smallest absolute Gasteiger partial charge is 0.344 e. The molecule has 0 saturated carbocycles. The van der Waals surface area contributed by atoms with Gasteiger partial charge >= 0.3 is 6.18 Å². The van der Waals surface area contributed by atoms with E-state index >= 15 is 0 Å². The molecule has 2 rings (SSSR count). The Hall–Kier alpha value is -2.18. The molecule has 1 fully saturated rings. The third-order valence-electron chi connectivity index (χ3n) is 5.66. The molecule has 0 aromatic carbocycles. The average Bonchev–Trinajstić information content (AvgIpc) is 3.41. The SMILES string of the molecule is CCC[C@H](NC(=O)C1(C)CSN=N1)C(=O)N1CCCC1C(=O)N[C@@H](CCC)C(=O)C(F)(F)F. The molecule has 0 aromatic heterocycles. The van der Waals surface area contributed by atoms with Gasteiger partial charge in [0.25, 0.3) is 11.7 Å². The van der Waals surface area contributed by atoms with Crippen molar-refractivity contribution in [3.63, 3.8) is 0 Å². The molecule has 2 N–H and O–H groups in total. The third-order valence-corrected chi connectivity index (χ3v) is 6.55. The Kier molecular flexibility index (Phi) is 9.27. The molecule has 0 radical (unpaired) electrons. The van der Waals surface area contributed by atoms with E-state index in [4.69, 9.17) is 0 Å². The summed E-state index contributed by atoms with van der Waals surface area (Å²) in [5, 5.41) is 8.83. The van der Waals surface area contributed by atoms with Crippen molar-refractivity contribution in [3.8, 4) is 0 Å². The molecule has 0 aromatic rings. The number of carbonyl (C=O) groups is 4. The molecule has 4 atom stereocenters. The number of rotatable bonds is 10.